The number of nitrogens with zero attached hydrogens (tertiary/aromatic N) is 5. The summed E-state index contributed by atoms with van der Waals surface area (Å²) < 4.78 is 25.9. The van der Waals surface area contributed by atoms with Crippen LogP contribution in [0.25, 0.3) is 28.0 Å². The molecule has 1 saturated heterocycles. The van der Waals surface area contributed by atoms with Crippen molar-refractivity contribution in [3.05, 3.63) is 54.3 Å². The van der Waals surface area contributed by atoms with Gasteiger partial charge in [-0.05, 0) is 48.5 Å². The van der Waals surface area contributed by atoms with Gasteiger partial charge >= 0.3 is 0 Å². The number of nitrogens with one attached hydrogen (secondary N) is 1. The molecule has 0 amide bonds. The molecule has 0 spiro atoms. The zero-order valence-corrected chi connectivity index (χ0v) is 18.9. The van der Waals surface area contributed by atoms with Crippen molar-refractivity contribution in [3.8, 4) is 22.7 Å². The SMILES string of the molecule is COc1ccc(-n2nc3nc(NCCN4CCOCC4)nc(-c4ccc(F)cc4)c3c2N)cc1. The number of anilines is 2. The molecule has 3 heterocycles. The lowest BCUT2D eigenvalue weighted by molar-refractivity contribution is 0.0398. The first-order chi connectivity index (χ1) is 16.6. The van der Waals surface area contributed by atoms with Gasteiger partial charge in [0.05, 0.1) is 37.1 Å². The van der Waals surface area contributed by atoms with Crippen LogP contribution in [0.5, 0.6) is 5.75 Å². The maximum Gasteiger partial charge on any atom is 0.225 e. The Kier molecular flexibility index (Phi) is 6.24. The van der Waals surface area contributed by atoms with Crippen LogP contribution in [-0.4, -0.2) is 71.2 Å². The molecule has 9 nitrogen and oxygen atoms in total. The van der Waals surface area contributed by atoms with E-state index < -0.39 is 0 Å². The molecular weight excluding hydrogens is 437 g/mol. The third kappa shape index (κ3) is 4.50. The van der Waals surface area contributed by atoms with Gasteiger partial charge in [-0.25, -0.2) is 14.1 Å². The number of nitrogen functional groups attached to an aromatic ring is 1. The number of halogens is 1. The summed E-state index contributed by atoms with van der Waals surface area (Å²) in [6, 6.07) is 13.6. The number of benzene rings is 2. The first kappa shape index (κ1) is 22.1. The molecule has 1 aliphatic rings. The van der Waals surface area contributed by atoms with Gasteiger partial charge < -0.3 is 20.5 Å². The molecule has 0 atom stereocenters. The molecule has 0 radical (unpaired) electrons. The number of morpholine rings is 1. The van der Waals surface area contributed by atoms with Gasteiger partial charge in [0.25, 0.3) is 0 Å². The fourth-order valence-corrected chi connectivity index (χ4v) is 3.98. The monoisotopic (exact) mass is 463 g/mol. The number of rotatable bonds is 7. The quantitative estimate of drug-likeness (QED) is 0.431. The maximum atomic E-state index is 13.6. The van der Waals surface area contributed by atoms with Crippen LogP contribution < -0.4 is 15.8 Å². The highest BCUT2D eigenvalue weighted by Gasteiger charge is 2.19. The molecule has 5 rings (SSSR count). The maximum absolute atomic E-state index is 13.6. The molecule has 4 aromatic rings. The molecule has 0 saturated carbocycles. The zero-order valence-electron chi connectivity index (χ0n) is 18.9. The molecule has 2 aromatic heterocycles. The summed E-state index contributed by atoms with van der Waals surface area (Å²) in [6.45, 7) is 4.83. The number of hydrogen-bond donors (Lipinski definition) is 2. The summed E-state index contributed by atoms with van der Waals surface area (Å²) in [6.07, 6.45) is 0. The van der Waals surface area contributed by atoms with Crippen molar-refractivity contribution < 1.29 is 13.9 Å². The molecule has 2 aromatic carbocycles. The summed E-state index contributed by atoms with van der Waals surface area (Å²) in [5.74, 6) is 1.26. The summed E-state index contributed by atoms with van der Waals surface area (Å²) in [5.41, 5.74) is 9.08. The van der Waals surface area contributed by atoms with E-state index >= 15 is 0 Å². The number of hydrogen-bond acceptors (Lipinski definition) is 8. The number of methoxy groups -OCH3 is 1. The largest absolute Gasteiger partial charge is 0.497 e. The van der Waals surface area contributed by atoms with Gasteiger partial charge in [-0.15, -0.1) is 5.10 Å². The number of nitrogens with two attached hydrogens (primary N) is 1. The van der Waals surface area contributed by atoms with Gasteiger partial charge in [0.1, 0.15) is 17.4 Å². The first-order valence-corrected chi connectivity index (χ1v) is 11.1. The average molecular weight is 464 g/mol. The molecule has 10 heteroatoms. The average Bonchev–Trinajstić information content (AvgIpc) is 3.21. The third-order valence-corrected chi connectivity index (χ3v) is 5.82. The molecule has 3 N–H and O–H groups in total. The Hall–Kier alpha value is -3.76. The van der Waals surface area contributed by atoms with E-state index in [1.165, 1.54) is 12.1 Å². The Bertz CT molecular complexity index is 1270. The van der Waals surface area contributed by atoms with Crippen LogP contribution in [0.2, 0.25) is 0 Å². The smallest absolute Gasteiger partial charge is 0.225 e. The van der Waals surface area contributed by atoms with E-state index in [-0.39, 0.29) is 5.82 Å². The van der Waals surface area contributed by atoms with Gasteiger partial charge in [-0.3, -0.25) is 4.90 Å². The first-order valence-electron chi connectivity index (χ1n) is 11.1. The number of aromatic nitrogens is 4. The fraction of sp³-hybridized carbons (Fsp3) is 0.292. The van der Waals surface area contributed by atoms with Gasteiger partial charge in [0.15, 0.2) is 5.65 Å². The molecule has 0 aliphatic carbocycles. The molecule has 34 heavy (non-hydrogen) atoms. The van der Waals surface area contributed by atoms with Crippen LogP contribution >= 0.6 is 0 Å². The molecule has 0 unspecified atom stereocenters. The second-order valence-corrected chi connectivity index (χ2v) is 7.98. The Morgan fingerprint density at radius 2 is 1.79 bits per heavy atom. The Morgan fingerprint density at radius 1 is 1.06 bits per heavy atom. The van der Waals surface area contributed by atoms with Crippen LogP contribution in [0, 0.1) is 5.82 Å². The minimum Gasteiger partial charge on any atom is -0.497 e. The van der Waals surface area contributed by atoms with Crippen LogP contribution in [0.1, 0.15) is 0 Å². The Morgan fingerprint density at radius 3 is 2.50 bits per heavy atom. The summed E-state index contributed by atoms with van der Waals surface area (Å²) in [4.78, 5) is 11.7. The van der Waals surface area contributed by atoms with E-state index in [1.807, 2.05) is 24.3 Å². The molecule has 176 valence electrons. The Balaban J connectivity index is 1.52. The van der Waals surface area contributed by atoms with Crippen LogP contribution in [-0.2, 0) is 4.74 Å². The molecule has 1 aliphatic heterocycles. The lowest BCUT2D eigenvalue weighted by Gasteiger charge is -2.26. The normalized spacial score (nSPS) is 14.4. The summed E-state index contributed by atoms with van der Waals surface area (Å²) in [7, 11) is 1.61. The van der Waals surface area contributed by atoms with Crippen molar-refractivity contribution in [2.45, 2.75) is 0 Å². The van der Waals surface area contributed by atoms with Crippen molar-refractivity contribution in [2.75, 3.05) is 57.6 Å². The minimum atomic E-state index is -0.320. The Labute approximate surface area is 196 Å². The van der Waals surface area contributed by atoms with E-state index in [4.69, 9.17) is 20.2 Å². The molecule has 1 fully saturated rings. The van der Waals surface area contributed by atoms with Gasteiger partial charge in [-0.2, -0.15) is 4.98 Å². The third-order valence-electron chi connectivity index (χ3n) is 5.82. The van der Waals surface area contributed by atoms with E-state index in [0.717, 1.165) is 49.8 Å². The van der Waals surface area contributed by atoms with Crippen LogP contribution in [0.4, 0.5) is 16.2 Å². The number of ether oxygens (including phenoxy) is 2. The van der Waals surface area contributed by atoms with Gasteiger partial charge in [0.2, 0.25) is 5.95 Å². The van der Waals surface area contributed by atoms with Gasteiger partial charge in [-0.1, -0.05) is 0 Å². The van der Waals surface area contributed by atoms with Gasteiger partial charge in [0, 0.05) is 31.7 Å². The predicted molar refractivity (Wildman–Crippen MR) is 129 cm³/mol. The second-order valence-electron chi connectivity index (χ2n) is 7.98. The van der Waals surface area contributed by atoms with Crippen LogP contribution in [0.3, 0.4) is 0 Å². The van der Waals surface area contributed by atoms with E-state index in [2.05, 4.69) is 20.3 Å². The lowest BCUT2D eigenvalue weighted by atomic mass is 10.1. The second kappa shape index (κ2) is 9.62. The highest BCUT2D eigenvalue weighted by molar-refractivity contribution is 5.99. The van der Waals surface area contributed by atoms with Crippen molar-refractivity contribution in [3.63, 3.8) is 0 Å². The topological polar surface area (TPSA) is 103 Å². The standard InChI is InChI=1S/C24H26FN7O2/c1-33-19-8-6-18(7-9-19)32-22(26)20-21(16-2-4-17(25)5-3-16)28-24(29-23(20)30-32)27-10-11-31-12-14-34-15-13-31/h2-9H,10-15,26H2,1H3,(H,27,29,30). The van der Waals surface area contributed by atoms with Crippen molar-refractivity contribution in [1.82, 2.24) is 24.6 Å². The lowest BCUT2D eigenvalue weighted by Crippen LogP contribution is -2.39. The van der Waals surface area contributed by atoms with Crippen molar-refractivity contribution in [2.24, 2.45) is 0 Å². The fourth-order valence-electron chi connectivity index (χ4n) is 3.98. The van der Waals surface area contributed by atoms with Crippen molar-refractivity contribution in [1.29, 1.82) is 0 Å². The van der Waals surface area contributed by atoms with Crippen LogP contribution in [0.15, 0.2) is 48.5 Å². The minimum absolute atomic E-state index is 0.320. The molecule has 0 bridgehead atoms. The highest BCUT2D eigenvalue weighted by atomic mass is 19.1. The van der Waals surface area contributed by atoms with E-state index in [1.54, 1.807) is 23.9 Å². The highest BCUT2D eigenvalue weighted by Crippen LogP contribution is 2.33. The zero-order chi connectivity index (χ0) is 23.5. The van der Waals surface area contributed by atoms with E-state index in [0.29, 0.717) is 35.0 Å². The van der Waals surface area contributed by atoms with E-state index in [9.17, 15) is 4.39 Å². The number of fused-ring (bicyclic) bond motifs is 1. The molecular formula is C24H26FN7O2. The summed E-state index contributed by atoms with van der Waals surface area (Å²) >= 11 is 0. The summed E-state index contributed by atoms with van der Waals surface area (Å²) in [5, 5.41) is 8.58. The predicted octanol–water partition coefficient (Wildman–Crippen LogP) is 2.96. The van der Waals surface area contributed by atoms with Crippen molar-refractivity contribution >= 4 is 22.8 Å².